The summed E-state index contributed by atoms with van der Waals surface area (Å²) in [6, 6.07) is 1.74. The van der Waals surface area contributed by atoms with E-state index in [1.165, 1.54) is 19.7 Å². The number of aryl methyl sites for hydroxylation is 2. The molecule has 0 bridgehead atoms. The van der Waals surface area contributed by atoms with E-state index in [9.17, 15) is 13.2 Å². The van der Waals surface area contributed by atoms with E-state index in [-0.39, 0.29) is 5.56 Å². The summed E-state index contributed by atoms with van der Waals surface area (Å²) >= 11 is 0. The van der Waals surface area contributed by atoms with Crippen molar-refractivity contribution >= 4 is 10.2 Å². The normalized spacial score (nSPS) is 20.4. The number of fused-ring (bicyclic) bond motifs is 1. The molecule has 8 nitrogen and oxygen atoms in total. The van der Waals surface area contributed by atoms with Crippen LogP contribution in [0.2, 0.25) is 0 Å². The zero-order valence-corrected chi connectivity index (χ0v) is 15.8. The van der Waals surface area contributed by atoms with E-state index in [2.05, 4.69) is 10.00 Å². The number of aromatic nitrogens is 2. The second-order valence-corrected chi connectivity index (χ2v) is 9.11. The van der Waals surface area contributed by atoms with Gasteiger partial charge in [0.25, 0.3) is 15.8 Å². The van der Waals surface area contributed by atoms with Crippen LogP contribution in [0.5, 0.6) is 0 Å². The highest BCUT2D eigenvalue weighted by Crippen LogP contribution is 2.17. The molecule has 0 unspecified atom stereocenters. The predicted molar refractivity (Wildman–Crippen MR) is 95.5 cm³/mol. The molecule has 1 aromatic heterocycles. The van der Waals surface area contributed by atoms with E-state index in [4.69, 9.17) is 0 Å². The van der Waals surface area contributed by atoms with Gasteiger partial charge in [0.2, 0.25) is 0 Å². The number of piperazine rings is 1. The van der Waals surface area contributed by atoms with Crippen LogP contribution in [0.15, 0.2) is 10.9 Å². The highest BCUT2D eigenvalue weighted by Gasteiger charge is 2.28. The number of nitrogens with zero attached hydrogens (tertiary/aromatic N) is 5. The lowest BCUT2D eigenvalue weighted by atomic mass is 10.1. The van der Waals surface area contributed by atoms with Crippen molar-refractivity contribution in [1.29, 1.82) is 0 Å². The van der Waals surface area contributed by atoms with Gasteiger partial charge in [-0.05, 0) is 31.2 Å². The molecule has 1 aliphatic heterocycles. The molecule has 3 rings (SSSR count). The van der Waals surface area contributed by atoms with E-state index in [0.717, 1.165) is 36.9 Å². The fraction of sp³-hybridized carbons (Fsp3) is 0.750. The Hall–Kier alpha value is -1.29. The monoisotopic (exact) mass is 369 g/mol. The van der Waals surface area contributed by atoms with Gasteiger partial charge >= 0.3 is 0 Å². The number of hydrogen-bond acceptors (Lipinski definition) is 5. The van der Waals surface area contributed by atoms with Crippen LogP contribution in [-0.4, -0.2) is 72.0 Å². The molecule has 2 aliphatic rings. The third kappa shape index (κ3) is 4.11. The zero-order valence-electron chi connectivity index (χ0n) is 15.0. The van der Waals surface area contributed by atoms with Gasteiger partial charge in [-0.3, -0.25) is 9.69 Å². The second-order valence-electron chi connectivity index (χ2n) is 6.96. The lowest BCUT2D eigenvalue weighted by Gasteiger charge is -2.35. The summed E-state index contributed by atoms with van der Waals surface area (Å²) in [5.74, 6) is 0. The first-order valence-corrected chi connectivity index (χ1v) is 10.3. The first-order valence-electron chi connectivity index (χ1n) is 8.88. The van der Waals surface area contributed by atoms with Crippen molar-refractivity contribution in [2.75, 3.05) is 40.3 Å². The molecule has 25 heavy (non-hydrogen) atoms. The van der Waals surface area contributed by atoms with Crippen molar-refractivity contribution in [1.82, 2.24) is 23.3 Å². The maximum atomic E-state index is 12.4. The van der Waals surface area contributed by atoms with Gasteiger partial charge in [0.05, 0.1) is 12.4 Å². The fourth-order valence-electron chi connectivity index (χ4n) is 3.40. The van der Waals surface area contributed by atoms with E-state index in [1.807, 2.05) is 0 Å². The molecular formula is C16H27N5O3S. The quantitative estimate of drug-likeness (QED) is 0.692. The molecule has 0 spiro atoms. The maximum Gasteiger partial charge on any atom is 0.281 e. The van der Waals surface area contributed by atoms with Crippen molar-refractivity contribution in [2.24, 2.45) is 0 Å². The average Bonchev–Trinajstić information content (AvgIpc) is 2.80. The van der Waals surface area contributed by atoms with Gasteiger partial charge in [0.15, 0.2) is 0 Å². The van der Waals surface area contributed by atoms with Gasteiger partial charge in [0.1, 0.15) is 0 Å². The van der Waals surface area contributed by atoms with Crippen LogP contribution in [-0.2, 0) is 29.7 Å². The van der Waals surface area contributed by atoms with Crippen LogP contribution in [0.4, 0.5) is 0 Å². The smallest absolute Gasteiger partial charge is 0.281 e. The molecule has 1 aromatic rings. The molecule has 9 heteroatoms. The minimum atomic E-state index is -3.36. The van der Waals surface area contributed by atoms with Crippen LogP contribution < -0.4 is 5.56 Å². The van der Waals surface area contributed by atoms with Crippen molar-refractivity contribution in [3.8, 4) is 0 Å². The summed E-state index contributed by atoms with van der Waals surface area (Å²) in [6.07, 6.45) is 5.32. The Kier molecular flexibility index (Phi) is 5.57. The Balaban J connectivity index is 1.67. The van der Waals surface area contributed by atoms with Gasteiger partial charge in [-0.25, -0.2) is 4.68 Å². The Labute approximate surface area is 149 Å². The van der Waals surface area contributed by atoms with E-state index in [1.54, 1.807) is 20.2 Å². The molecule has 0 amide bonds. The molecule has 1 aliphatic carbocycles. The summed E-state index contributed by atoms with van der Waals surface area (Å²) < 4.78 is 28.6. The highest BCUT2D eigenvalue weighted by atomic mass is 32.2. The molecule has 0 atom stereocenters. The van der Waals surface area contributed by atoms with Crippen LogP contribution in [0.3, 0.4) is 0 Å². The van der Waals surface area contributed by atoms with Crippen LogP contribution in [0.25, 0.3) is 0 Å². The van der Waals surface area contributed by atoms with Crippen molar-refractivity contribution in [3.63, 3.8) is 0 Å². The zero-order chi connectivity index (χ0) is 18.0. The maximum absolute atomic E-state index is 12.4. The van der Waals surface area contributed by atoms with Crippen molar-refractivity contribution in [2.45, 2.75) is 38.8 Å². The lowest BCUT2D eigenvalue weighted by molar-refractivity contribution is 0.139. The van der Waals surface area contributed by atoms with E-state index >= 15 is 0 Å². The highest BCUT2D eigenvalue weighted by molar-refractivity contribution is 7.86. The Morgan fingerprint density at radius 2 is 1.76 bits per heavy atom. The van der Waals surface area contributed by atoms with Gasteiger partial charge in [-0.15, -0.1) is 0 Å². The van der Waals surface area contributed by atoms with Gasteiger partial charge in [0, 0.05) is 46.3 Å². The molecule has 2 heterocycles. The minimum Gasteiger partial charge on any atom is -0.282 e. The summed E-state index contributed by atoms with van der Waals surface area (Å²) in [5, 5.41) is 4.59. The summed E-state index contributed by atoms with van der Waals surface area (Å²) in [5.41, 5.74) is 2.08. The number of rotatable bonds is 4. The SMILES string of the molecule is CN(C)S(=O)(=O)N1CCN(Cn2nc3c(cc2=O)CCCCC3)CC1. The minimum absolute atomic E-state index is 0.0657. The molecular weight excluding hydrogens is 342 g/mol. The molecule has 0 saturated carbocycles. The molecule has 1 fully saturated rings. The van der Waals surface area contributed by atoms with Gasteiger partial charge < -0.3 is 0 Å². The molecule has 0 radical (unpaired) electrons. The first-order chi connectivity index (χ1) is 11.9. The largest absolute Gasteiger partial charge is 0.282 e. The molecule has 0 N–H and O–H groups in total. The van der Waals surface area contributed by atoms with Crippen molar-refractivity contribution < 1.29 is 8.42 Å². The second kappa shape index (κ2) is 7.53. The van der Waals surface area contributed by atoms with Gasteiger partial charge in [-0.2, -0.15) is 22.1 Å². The summed E-state index contributed by atoms with van der Waals surface area (Å²) in [4.78, 5) is 14.4. The van der Waals surface area contributed by atoms with Crippen LogP contribution in [0.1, 0.15) is 30.5 Å². The predicted octanol–water partition coefficient (Wildman–Crippen LogP) is -0.106. The third-order valence-electron chi connectivity index (χ3n) is 4.98. The average molecular weight is 369 g/mol. The Morgan fingerprint density at radius 3 is 2.44 bits per heavy atom. The Bertz CT molecular complexity index is 766. The van der Waals surface area contributed by atoms with Crippen molar-refractivity contribution in [3.05, 3.63) is 27.7 Å². The Morgan fingerprint density at radius 1 is 1.08 bits per heavy atom. The topological polar surface area (TPSA) is 78.8 Å². The summed E-state index contributed by atoms with van der Waals surface area (Å²) in [6.45, 7) is 2.47. The van der Waals surface area contributed by atoms with E-state index < -0.39 is 10.2 Å². The van der Waals surface area contributed by atoms with Crippen LogP contribution >= 0.6 is 0 Å². The van der Waals surface area contributed by atoms with Crippen LogP contribution in [0, 0.1) is 0 Å². The molecule has 0 aromatic carbocycles. The van der Waals surface area contributed by atoms with Gasteiger partial charge in [-0.1, -0.05) is 6.42 Å². The molecule has 140 valence electrons. The fourth-order valence-corrected chi connectivity index (χ4v) is 4.49. The summed E-state index contributed by atoms with van der Waals surface area (Å²) in [7, 11) is -0.280. The lowest BCUT2D eigenvalue weighted by Crippen LogP contribution is -2.52. The van der Waals surface area contributed by atoms with E-state index in [0.29, 0.717) is 32.8 Å². The molecule has 1 saturated heterocycles. The third-order valence-corrected chi connectivity index (χ3v) is 6.92. The standard InChI is InChI=1S/C16H27N5O3S/c1-18(2)25(23,24)20-10-8-19(9-11-20)13-21-16(22)12-14-6-4-3-5-7-15(14)17-21/h12H,3-11,13H2,1-2H3. The first kappa shape index (κ1) is 18.5. The number of hydrogen-bond donors (Lipinski definition) is 0.